The fraction of sp³-hybridized carbons (Fsp3) is 0.312. The van der Waals surface area contributed by atoms with Crippen molar-refractivity contribution in [3.8, 4) is 11.5 Å². The summed E-state index contributed by atoms with van der Waals surface area (Å²) < 4.78 is 9.92. The van der Waals surface area contributed by atoms with Crippen LogP contribution in [-0.4, -0.2) is 26.6 Å². The molecule has 1 aliphatic heterocycles. The number of allylic oxidation sites excluding steroid dienone is 5. The third-order valence-corrected chi connectivity index (χ3v) is 8.90. The first kappa shape index (κ1) is 36.1. The first-order valence-electron chi connectivity index (χ1n) is 14.1. The number of hydrogen-bond acceptors (Lipinski definition) is 5. The van der Waals surface area contributed by atoms with Gasteiger partial charge in [-0.05, 0) is 103 Å². The number of halogens is 4. The molecular weight excluding hydrogens is 1020 g/mol. The molecule has 9 nitrogen and oxygen atoms in total. The maximum absolute atomic E-state index is 11.8. The van der Waals surface area contributed by atoms with Gasteiger partial charge in [0.05, 0.1) is 7.12 Å². The van der Waals surface area contributed by atoms with Crippen molar-refractivity contribution in [3.05, 3.63) is 78.2 Å². The van der Waals surface area contributed by atoms with E-state index in [0.29, 0.717) is 36.0 Å². The van der Waals surface area contributed by atoms with Gasteiger partial charge in [-0.3, -0.25) is 10.2 Å². The van der Waals surface area contributed by atoms with E-state index in [2.05, 4.69) is 165 Å². The quantitative estimate of drug-likeness (QED) is 0.0587. The molecule has 1 aromatic carbocycles. The zero-order valence-corrected chi connectivity index (χ0v) is 34.4. The van der Waals surface area contributed by atoms with E-state index in [4.69, 9.17) is 15.2 Å². The molecule has 1 amide bonds. The third kappa shape index (κ3) is 10.1. The largest absolute Gasteiger partial charge is 0.457 e. The summed E-state index contributed by atoms with van der Waals surface area (Å²) in [7, 11) is 0. The van der Waals surface area contributed by atoms with Crippen molar-refractivity contribution in [2.75, 3.05) is 16.0 Å². The molecule has 0 fully saturated rings. The Kier molecular flexibility index (Phi) is 12.0. The molecule has 0 saturated carbocycles. The average molecular weight is 1060 g/mol. The standard InChI is InChI=1S/C32H35I4N7O2/c1-18(2)13-19(33)14-20(34)17-43-27(16-26(42-43)31(3,4)5)40-30(37)39-24-9-7-21(15-23(24)32(6,35)36)45-25-11-12-38-29-22(25)8-10-28(44)41-29/h7,9,11-17H,8,10H2,1-6H3,(H3,37,39,40)(H,38,41,44)/b19-14+,20-17-. The Morgan fingerprint density at radius 3 is 2.44 bits per heavy atom. The van der Waals surface area contributed by atoms with Crippen LogP contribution in [-0.2, 0) is 18.1 Å². The van der Waals surface area contributed by atoms with Crippen LogP contribution in [0.2, 0.25) is 0 Å². The predicted molar refractivity (Wildman–Crippen MR) is 219 cm³/mol. The SMILES string of the molecule is CC(C)=C/C(I)=C\C(I)=C\n1nc(C(C)(C)C)cc1NC(=N)Nc1ccc(Oc2ccnc3c2CCC(=O)N3)cc1C(C)(I)I. The van der Waals surface area contributed by atoms with Crippen LogP contribution in [0.3, 0.4) is 0 Å². The number of fused-ring (bicyclic) bond motifs is 1. The molecule has 0 unspecified atom stereocenters. The van der Waals surface area contributed by atoms with E-state index < -0.39 is 0 Å². The molecule has 4 N–H and O–H groups in total. The van der Waals surface area contributed by atoms with E-state index in [9.17, 15) is 4.79 Å². The first-order chi connectivity index (χ1) is 21.0. The van der Waals surface area contributed by atoms with Crippen molar-refractivity contribution in [2.24, 2.45) is 0 Å². The second-order valence-corrected chi connectivity index (χ2v) is 20.8. The van der Waals surface area contributed by atoms with Gasteiger partial charge in [0.2, 0.25) is 5.91 Å². The minimum Gasteiger partial charge on any atom is -0.457 e. The number of pyridine rings is 1. The highest BCUT2D eigenvalue weighted by atomic mass is 127. The number of nitrogens with one attached hydrogen (secondary N) is 4. The van der Waals surface area contributed by atoms with Crippen LogP contribution in [0.4, 0.5) is 17.3 Å². The van der Waals surface area contributed by atoms with Crippen molar-refractivity contribution in [3.63, 3.8) is 0 Å². The Morgan fingerprint density at radius 1 is 1.04 bits per heavy atom. The minimum absolute atomic E-state index is 0.0407. The van der Waals surface area contributed by atoms with Crippen LogP contribution in [0.15, 0.2) is 61.4 Å². The number of anilines is 3. The van der Waals surface area contributed by atoms with Crippen LogP contribution in [0, 0.1) is 5.41 Å². The van der Waals surface area contributed by atoms with E-state index in [1.54, 1.807) is 10.9 Å². The van der Waals surface area contributed by atoms with Gasteiger partial charge < -0.3 is 20.7 Å². The Labute approximate surface area is 319 Å². The summed E-state index contributed by atoms with van der Waals surface area (Å²) in [4.78, 5) is 16.1. The molecule has 0 aliphatic carbocycles. The van der Waals surface area contributed by atoms with Crippen molar-refractivity contribution in [2.45, 2.75) is 61.2 Å². The third-order valence-electron chi connectivity index (χ3n) is 6.53. The summed E-state index contributed by atoms with van der Waals surface area (Å²) in [5, 5.41) is 23.0. The molecule has 238 valence electrons. The van der Waals surface area contributed by atoms with Gasteiger partial charge in [-0.15, -0.1) is 0 Å². The maximum atomic E-state index is 11.8. The lowest BCUT2D eigenvalue weighted by Gasteiger charge is -2.23. The average Bonchev–Trinajstić information content (AvgIpc) is 3.30. The summed E-state index contributed by atoms with van der Waals surface area (Å²) in [6, 6.07) is 9.58. The van der Waals surface area contributed by atoms with Gasteiger partial charge in [-0.2, -0.15) is 5.10 Å². The van der Waals surface area contributed by atoms with Gasteiger partial charge in [0.15, 0.2) is 5.96 Å². The molecule has 3 heterocycles. The number of hydrogen-bond donors (Lipinski definition) is 4. The molecule has 45 heavy (non-hydrogen) atoms. The maximum Gasteiger partial charge on any atom is 0.225 e. The highest BCUT2D eigenvalue weighted by molar-refractivity contribution is 14.2. The summed E-state index contributed by atoms with van der Waals surface area (Å²) >= 11 is 9.38. The van der Waals surface area contributed by atoms with Crippen LogP contribution >= 0.6 is 90.4 Å². The van der Waals surface area contributed by atoms with E-state index in [-0.39, 0.29) is 18.7 Å². The van der Waals surface area contributed by atoms with E-state index >= 15 is 0 Å². The zero-order chi connectivity index (χ0) is 33.1. The smallest absolute Gasteiger partial charge is 0.225 e. The Hall–Kier alpha value is -1.74. The monoisotopic (exact) mass is 1060 g/mol. The second-order valence-electron chi connectivity index (χ2n) is 11.9. The Balaban J connectivity index is 1.60. The van der Waals surface area contributed by atoms with Crippen molar-refractivity contribution in [1.29, 1.82) is 5.41 Å². The van der Waals surface area contributed by atoms with Crippen molar-refractivity contribution >= 4 is 126 Å². The fourth-order valence-corrected chi connectivity index (χ4v) is 7.43. The molecule has 2 aromatic heterocycles. The van der Waals surface area contributed by atoms with Crippen LogP contribution in [0.5, 0.6) is 11.5 Å². The molecule has 0 spiro atoms. The Morgan fingerprint density at radius 2 is 1.78 bits per heavy atom. The number of carbonyl (C=O) groups is 1. The lowest BCUT2D eigenvalue weighted by molar-refractivity contribution is -0.116. The van der Waals surface area contributed by atoms with Gasteiger partial charge in [0.1, 0.15) is 23.1 Å². The Bertz CT molecular complexity index is 1710. The first-order valence-corrected chi connectivity index (χ1v) is 18.4. The fourth-order valence-electron chi connectivity index (χ4n) is 4.39. The lowest BCUT2D eigenvalue weighted by atomic mass is 9.92. The normalized spacial score (nSPS) is 14.0. The van der Waals surface area contributed by atoms with Crippen LogP contribution < -0.4 is 20.7 Å². The molecule has 1 aliphatic rings. The number of nitrogens with zero attached hydrogens (tertiary/aromatic N) is 3. The van der Waals surface area contributed by atoms with Crippen molar-refractivity contribution in [1.82, 2.24) is 14.8 Å². The number of guanidine groups is 1. The lowest BCUT2D eigenvalue weighted by Crippen LogP contribution is -2.23. The zero-order valence-electron chi connectivity index (χ0n) is 25.8. The van der Waals surface area contributed by atoms with E-state index in [1.807, 2.05) is 36.5 Å². The van der Waals surface area contributed by atoms with Crippen LogP contribution in [0.1, 0.15) is 64.8 Å². The molecule has 0 bridgehead atoms. The number of carbonyl (C=O) groups excluding carboxylic acids is 1. The second kappa shape index (κ2) is 15.0. The molecule has 13 heteroatoms. The van der Waals surface area contributed by atoms with Gasteiger partial charge in [0.25, 0.3) is 0 Å². The predicted octanol–water partition coefficient (Wildman–Crippen LogP) is 10.3. The minimum atomic E-state index is -0.308. The summed E-state index contributed by atoms with van der Waals surface area (Å²) in [5.41, 5.74) is 4.59. The number of amides is 1. The van der Waals surface area contributed by atoms with Gasteiger partial charge in [-0.1, -0.05) is 77.6 Å². The van der Waals surface area contributed by atoms with E-state index in [0.717, 1.165) is 29.7 Å². The topological polar surface area (TPSA) is 117 Å². The molecule has 0 saturated heterocycles. The number of aromatic nitrogens is 3. The number of rotatable bonds is 8. The number of alkyl halides is 2. The van der Waals surface area contributed by atoms with Crippen LogP contribution in [0.25, 0.3) is 6.20 Å². The van der Waals surface area contributed by atoms with Gasteiger partial charge >= 0.3 is 0 Å². The number of benzene rings is 1. The highest BCUT2D eigenvalue weighted by Gasteiger charge is 2.25. The van der Waals surface area contributed by atoms with Crippen molar-refractivity contribution < 1.29 is 9.53 Å². The van der Waals surface area contributed by atoms with Gasteiger partial charge in [0, 0.05) is 54.3 Å². The van der Waals surface area contributed by atoms with Gasteiger partial charge in [-0.25, -0.2) is 9.67 Å². The highest BCUT2D eigenvalue weighted by Crippen LogP contribution is 2.44. The molecule has 0 atom stereocenters. The molecule has 0 radical (unpaired) electrons. The molecule has 3 aromatic rings. The molecule has 4 rings (SSSR count). The summed E-state index contributed by atoms with van der Waals surface area (Å²) in [6.45, 7) is 12.6. The number of ether oxygens (including phenoxy) is 1. The summed E-state index contributed by atoms with van der Waals surface area (Å²) in [6.07, 6.45) is 8.78. The molecular formula is C32H35I4N7O2. The van der Waals surface area contributed by atoms with E-state index in [1.165, 1.54) is 5.57 Å². The summed E-state index contributed by atoms with van der Waals surface area (Å²) in [5.74, 6) is 2.62.